The van der Waals surface area contributed by atoms with Gasteiger partial charge in [-0.1, -0.05) is 23.7 Å². The molecule has 0 unspecified atom stereocenters. The van der Waals surface area contributed by atoms with Crippen LogP contribution in [0.5, 0.6) is 0 Å². The third kappa shape index (κ3) is 6.75. The molecule has 2 amide bonds. The number of amides is 2. The zero-order chi connectivity index (χ0) is 26.6. The molecule has 1 fully saturated rings. The normalized spacial score (nSPS) is 14.9. The van der Waals surface area contributed by atoms with E-state index < -0.39 is 23.6 Å². The quantitative estimate of drug-likeness (QED) is 0.361. The minimum atomic E-state index is -2.71. The van der Waals surface area contributed by atoms with Crippen molar-refractivity contribution >= 4 is 34.9 Å². The Morgan fingerprint density at radius 1 is 1.11 bits per heavy atom. The standard InChI is InChI=1S/C25H23ClF3N5O3/c26-19-12-16(27)3-6-18(19)20(35)11-15-1-4-17(5-2-15)33-24(37)22-21(31-14-32-22)23(36)30-8-10-34-9-7-25(28,29)13-34/h1-6,12,14H,7-11,13H2,(H,30,36)(H,31,32)(H,33,37). The zero-order valence-electron chi connectivity index (χ0n) is 19.5. The molecule has 1 saturated heterocycles. The summed E-state index contributed by atoms with van der Waals surface area (Å²) in [6.07, 6.45) is 1.03. The number of imidazole rings is 1. The topological polar surface area (TPSA) is 107 Å². The molecule has 1 aliphatic rings. The van der Waals surface area contributed by atoms with Crippen molar-refractivity contribution in [2.45, 2.75) is 18.8 Å². The van der Waals surface area contributed by atoms with Crippen LogP contribution in [0.3, 0.4) is 0 Å². The Balaban J connectivity index is 1.31. The summed E-state index contributed by atoms with van der Waals surface area (Å²) in [6, 6.07) is 10.0. The molecular weight excluding hydrogens is 511 g/mol. The van der Waals surface area contributed by atoms with Gasteiger partial charge in [-0.2, -0.15) is 0 Å². The predicted octanol–water partition coefficient (Wildman–Crippen LogP) is 3.95. The summed E-state index contributed by atoms with van der Waals surface area (Å²) in [5.41, 5.74) is 1.09. The third-order valence-electron chi connectivity index (χ3n) is 5.85. The van der Waals surface area contributed by atoms with Crippen molar-refractivity contribution in [1.82, 2.24) is 20.2 Å². The number of hydrogen-bond acceptors (Lipinski definition) is 5. The van der Waals surface area contributed by atoms with Crippen LogP contribution in [0.4, 0.5) is 18.9 Å². The molecule has 8 nitrogen and oxygen atoms in total. The Kier molecular flexibility index (Phi) is 7.94. The number of hydrogen-bond donors (Lipinski definition) is 3. The largest absolute Gasteiger partial charge is 0.349 e. The molecule has 2 aromatic carbocycles. The Labute approximate surface area is 215 Å². The second-order valence-corrected chi connectivity index (χ2v) is 9.05. The van der Waals surface area contributed by atoms with Crippen LogP contribution in [0.1, 0.15) is 43.3 Å². The predicted molar refractivity (Wildman–Crippen MR) is 131 cm³/mol. The maximum atomic E-state index is 13.3. The molecule has 37 heavy (non-hydrogen) atoms. The summed E-state index contributed by atoms with van der Waals surface area (Å²) in [7, 11) is 0. The molecule has 0 aliphatic carbocycles. The summed E-state index contributed by atoms with van der Waals surface area (Å²) in [5.74, 6) is -4.74. The number of likely N-dealkylation sites (tertiary alicyclic amines) is 1. The van der Waals surface area contributed by atoms with E-state index in [-0.39, 0.29) is 66.8 Å². The summed E-state index contributed by atoms with van der Waals surface area (Å²) >= 11 is 5.95. The molecule has 4 rings (SSSR count). The van der Waals surface area contributed by atoms with Crippen molar-refractivity contribution in [3.63, 3.8) is 0 Å². The number of aromatic nitrogens is 2. The maximum absolute atomic E-state index is 13.3. The van der Waals surface area contributed by atoms with Crippen LogP contribution in [-0.2, 0) is 6.42 Å². The molecule has 3 aromatic rings. The lowest BCUT2D eigenvalue weighted by atomic mass is 10.0. The van der Waals surface area contributed by atoms with Crippen LogP contribution >= 0.6 is 11.6 Å². The van der Waals surface area contributed by atoms with E-state index in [0.717, 1.165) is 12.1 Å². The second-order valence-electron chi connectivity index (χ2n) is 8.64. The van der Waals surface area contributed by atoms with E-state index >= 15 is 0 Å². The SMILES string of the molecule is O=C(Cc1ccc(NC(=O)c2nc[nH]c2C(=O)NCCN2CCC(F)(F)C2)cc1)c1ccc(F)cc1Cl. The molecular formula is C25H23ClF3N5O3. The van der Waals surface area contributed by atoms with E-state index in [2.05, 4.69) is 20.6 Å². The van der Waals surface area contributed by atoms with Crippen LogP contribution in [-0.4, -0.2) is 64.6 Å². The van der Waals surface area contributed by atoms with Gasteiger partial charge in [-0.3, -0.25) is 19.3 Å². The summed E-state index contributed by atoms with van der Waals surface area (Å²) < 4.78 is 39.8. The van der Waals surface area contributed by atoms with Gasteiger partial charge in [-0.15, -0.1) is 0 Å². The number of rotatable bonds is 9. The Hall–Kier alpha value is -3.70. The summed E-state index contributed by atoms with van der Waals surface area (Å²) in [6.45, 7) is 0.318. The van der Waals surface area contributed by atoms with Gasteiger partial charge in [-0.25, -0.2) is 18.2 Å². The van der Waals surface area contributed by atoms with Crippen LogP contribution < -0.4 is 10.6 Å². The van der Waals surface area contributed by atoms with E-state index in [1.54, 1.807) is 29.2 Å². The van der Waals surface area contributed by atoms with E-state index in [1.165, 1.54) is 12.4 Å². The maximum Gasteiger partial charge on any atom is 0.276 e. The monoisotopic (exact) mass is 533 g/mol. The van der Waals surface area contributed by atoms with Crippen LogP contribution in [0.2, 0.25) is 5.02 Å². The van der Waals surface area contributed by atoms with Gasteiger partial charge in [0.15, 0.2) is 11.5 Å². The Bertz CT molecular complexity index is 1310. The first kappa shape index (κ1) is 26.4. The molecule has 0 bridgehead atoms. The average Bonchev–Trinajstić information content (AvgIpc) is 3.46. The molecule has 0 atom stereocenters. The van der Waals surface area contributed by atoms with Crippen LogP contribution in [0, 0.1) is 5.82 Å². The Morgan fingerprint density at radius 3 is 2.54 bits per heavy atom. The lowest BCUT2D eigenvalue weighted by molar-refractivity contribution is 0.0124. The lowest BCUT2D eigenvalue weighted by Gasteiger charge is -2.15. The van der Waals surface area contributed by atoms with Gasteiger partial charge in [0.05, 0.1) is 17.9 Å². The number of carbonyl (C=O) groups excluding carboxylic acids is 3. The van der Waals surface area contributed by atoms with Crippen LogP contribution in [0.25, 0.3) is 0 Å². The number of halogens is 4. The number of H-pyrrole nitrogens is 1. The molecule has 194 valence electrons. The van der Waals surface area contributed by atoms with Gasteiger partial charge < -0.3 is 15.6 Å². The number of Topliss-reactive ketones (excluding diaryl/α,β-unsaturated/α-hetero) is 1. The first-order valence-corrected chi connectivity index (χ1v) is 11.8. The minimum Gasteiger partial charge on any atom is -0.349 e. The van der Waals surface area contributed by atoms with E-state index in [0.29, 0.717) is 11.3 Å². The number of carbonyl (C=O) groups is 3. The first-order valence-electron chi connectivity index (χ1n) is 11.4. The highest BCUT2D eigenvalue weighted by atomic mass is 35.5. The van der Waals surface area contributed by atoms with E-state index in [1.807, 2.05) is 0 Å². The fourth-order valence-corrected chi connectivity index (χ4v) is 4.22. The second kappa shape index (κ2) is 11.1. The molecule has 2 heterocycles. The highest BCUT2D eigenvalue weighted by Gasteiger charge is 2.37. The van der Waals surface area contributed by atoms with Crippen LogP contribution in [0.15, 0.2) is 48.8 Å². The first-order chi connectivity index (χ1) is 17.6. The lowest BCUT2D eigenvalue weighted by Crippen LogP contribution is -2.35. The fraction of sp³-hybridized carbons (Fsp3) is 0.280. The number of aromatic amines is 1. The van der Waals surface area contributed by atoms with Crippen molar-refractivity contribution < 1.29 is 27.6 Å². The van der Waals surface area contributed by atoms with Crippen molar-refractivity contribution in [2.75, 3.05) is 31.5 Å². The number of alkyl halides is 2. The van der Waals surface area contributed by atoms with Crippen molar-refractivity contribution in [3.05, 3.63) is 82.1 Å². The van der Waals surface area contributed by atoms with Crippen molar-refractivity contribution in [2.24, 2.45) is 0 Å². The Morgan fingerprint density at radius 2 is 1.86 bits per heavy atom. The minimum absolute atomic E-state index is 0.0261. The number of ketones is 1. The fourth-order valence-electron chi connectivity index (χ4n) is 3.95. The van der Waals surface area contributed by atoms with Gasteiger partial charge in [0, 0.05) is 43.7 Å². The third-order valence-corrected chi connectivity index (χ3v) is 6.16. The van der Waals surface area contributed by atoms with Gasteiger partial charge in [0.25, 0.3) is 17.7 Å². The number of nitrogens with zero attached hydrogens (tertiary/aromatic N) is 2. The molecule has 1 aromatic heterocycles. The van der Waals surface area contributed by atoms with Gasteiger partial charge in [0.1, 0.15) is 11.5 Å². The van der Waals surface area contributed by atoms with Crippen molar-refractivity contribution in [1.29, 1.82) is 0 Å². The zero-order valence-corrected chi connectivity index (χ0v) is 20.2. The molecule has 0 saturated carbocycles. The smallest absolute Gasteiger partial charge is 0.276 e. The van der Waals surface area contributed by atoms with Gasteiger partial charge >= 0.3 is 0 Å². The van der Waals surface area contributed by atoms with Gasteiger partial charge in [0.2, 0.25) is 0 Å². The number of benzene rings is 2. The number of anilines is 1. The van der Waals surface area contributed by atoms with Crippen molar-refractivity contribution in [3.8, 4) is 0 Å². The molecule has 12 heteroatoms. The highest BCUT2D eigenvalue weighted by Crippen LogP contribution is 2.26. The molecule has 3 N–H and O–H groups in total. The van der Waals surface area contributed by atoms with E-state index in [4.69, 9.17) is 11.6 Å². The van der Waals surface area contributed by atoms with E-state index in [9.17, 15) is 27.6 Å². The molecule has 0 spiro atoms. The average molecular weight is 534 g/mol. The summed E-state index contributed by atoms with van der Waals surface area (Å²) in [4.78, 5) is 45.8. The number of nitrogens with one attached hydrogen (secondary N) is 3. The highest BCUT2D eigenvalue weighted by molar-refractivity contribution is 6.34. The summed E-state index contributed by atoms with van der Waals surface area (Å²) in [5, 5.41) is 5.27. The van der Waals surface area contributed by atoms with Gasteiger partial charge in [-0.05, 0) is 35.9 Å². The molecule has 1 aliphatic heterocycles. The molecule has 0 radical (unpaired) electrons.